The first-order valence-electron chi connectivity index (χ1n) is 10.8. The molecule has 3 heterocycles. The van der Waals surface area contributed by atoms with Gasteiger partial charge in [0.2, 0.25) is 4.80 Å². The summed E-state index contributed by atoms with van der Waals surface area (Å²) in [6, 6.07) is 17.6. The Labute approximate surface area is 201 Å². The number of thiazole rings is 1. The minimum Gasteiger partial charge on any atom is -0.482 e. The number of nitrogens with zero attached hydrogens (tertiary/aromatic N) is 4. The van der Waals surface area contributed by atoms with Crippen molar-refractivity contribution < 1.29 is 9.53 Å². The Hall–Kier alpha value is -4.04. The van der Waals surface area contributed by atoms with E-state index in [1.165, 1.54) is 11.3 Å². The van der Waals surface area contributed by atoms with Gasteiger partial charge in [0.15, 0.2) is 6.61 Å². The van der Waals surface area contributed by atoms with Crippen LogP contribution in [-0.2, 0) is 4.79 Å². The first-order valence-corrected chi connectivity index (χ1v) is 11.7. The first-order chi connectivity index (χ1) is 16.5. The average molecular weight is 470 g/mol. The number of aryl methyl sites for hydroxylation is 2. The molecule has 0 unspecified atom stereocenters. The average Bonchev–Trinajstić information content (AvgIpc) is 3.23. The molecule has 0 aliphatic carbocycles. The third kappa shape index (κ3) is 4.27. The van der Waals surface area contributed by atoms with Crippen LogP contribution in [0.15, 0.2) is 76.3 Å². The zero-order valence-electron chi connectivity index (χ0n) is 19.1. The standard InChI is InChI=1S/C26H23N5O2S/c1-16-7-6-8-17(2)25(16)29-26-31(30-18(3)20-9-4-5-12-27-20)22(15-34-26)19-10-11-23-21(13-19)28-24(32)14-33-23/h4-13,15H,14H2,1-3H3,(H,28,32). The smallest absolute Gasteiger partial charge is 0.262 e. The van der Waals surface area contributed by atoms with Crippen LogP contribution in [0.25, 0.3) is 11.3 Å². The van der Waals surface area contributed by atoms with Gasteiger partial charge in [-0.2, -0.15) is 5.10 Å². The number of rotatable bonds is 4. The van der Waals surface area contributed by atoms with E-state index in [1.54, 1.807) is 6.20 Å². The predicted molar refractivity (Wildman–Crippen MR) is 135 cm³/mol. The van der Waals surface area contributed by atoms with Gasteiger partial charge in [-0.3, -0.25) is 9.78 Å². The third-order valence-corrected chi connectivity index (χ3v) is 6.34. The monoisotopic (exact) mass is 469 g/mol. The van der Waals surface area contributed by atoms with Gasteiger partial charge in [0.25, 0.3) is 5.91 Å². The Morgan fingerprint density at radius 2 is 1.94 bits per heavy atom. The Kier molecular flexibility index (Phi) is 5.81. The molecule has 8 heteroatoms. The van der Waals surface area contributed by atoms with Gasteiger partial charge in [-0.25, -0.2) is 9.67 Å². The lowest BCUT2D eigenvalue weighted by molar-refractivity contribution is -0.118. The van der Waals surface area contributed by atoms with Gasteiger partial charge in [0.1, 0.15) is 5.75 Å². The van der Waals surface area contributed by atoms with Gasteiger partial charge in [0.05, 0.1) is 28.5 Å². The summed E-state index contributed by atoms with van der Waals surface area (Å²) in [6.45, 7) is 6.07. The quantitative estimate of drug-likeness (QED) is 0.424. The summed E-state index contributed by atoms with van der Waals surface area (Å²) in [4.78, 5) is 22.0. The Morgan fingerprint density at radius 1 is 1.12 bits per heavy atom. The second-order valence-corrected chi connectivity index (χ2v) is 8.85. The highest BCUT2D eigenvalue weighted by molar-refractivity contribution is 7.07. The molecule has 5 rings (SSSR count). The van der Waals surface area contributed by atoms with E-state index in [9.17, 15) is 4.79 Å². The maximum atomic E-state index is 11.8. The summed E-state index contributed by atoms with van der Waals surface area (Å²) in [5, 5.41) is 9.82. The van der Waals surface area contributed by atoms with Crippen LogP contribution in [0.1, 0.15) is 23.7 Å². The van der Waals surface area contributed by atoms with Crippen LogP contribution in [-0.4, -0.2) is 27.9 Å². The number of hydrogen-bond acceptors (Lipinski definition) is 6. The van der Waals surface area contributed by atoms with Crippen molar-refractivity contribution in [1.29, 1.82) is 0 Å². The summed E-state index contributed by atoms with van der Waals surface area (Å²) >= 11 is 1.51. The van der Waals surface area contributed by atoms with E-state index in [2.05, 4.69) is 36.3 Å². The van der Waals surface area contributed by atoms with Crippen LogP contribution < -0.4 is 14.9 Å². The fourth-order valence-electron chi connectivity index (χ4n) is 3.77. The van der Waals surface area contributed by atoms with E-state index in [0.29, 0.717) is 11.4 Å². The van der Waals surface area contributed by atoms with Crippen molar-refractivity contribution in [2.75, 3.05) is 11.9 Å². The summed E-state index contributed by atoms with van der Waals surface area (Å²) in [5.74, 6) is 0.483. The van der Waals surface area contributed by atoms with Crippen LogP contribution in [0.3, 0.4) is 0 Å². The number of anilines is 1. The van der Waals surface area contributed by atoms with Crippen molar-refractivity contribution in [2.45, 2.75) is 20.8 Å². The van der Waals surface area contributed by atoms with E-state index in [-0.39, 0.29) is 12.5 Å². The number of carbonyl (C=O) groups is 1. The molecule has 7 nitrogen and oxygen atoms in total. The number of aromatic nitrogens is 2. The predicted octanol–water partition coefficient (Wildman–Crippen LogP) is 5.06. The molecule has 1 aliphatic heterocycles. The molecule has 0 spiro atoms. The summed E-state index contributed by atoms with van der Waals surface area (Å²) in [5.41, 5.74) is 7.07. The van der Waals surface area contributed by atoms with E-state index in [0.717, 1.165) is 44.3 Å². The molecular formula is C26H23N5O2S. The molecule has 0 bridgehead atoms. The highest BCUT2D eigenvalue weighted by atomic mass is 32.1. The molecule has 2 aromatic heterocycles. The van der Waals surface area contributed by atoms with E-state index < -0.39 is 0 Å². The minimum absolute atomic E-state index is 0.0250. The zero-order chi connectivity index (χ0) is 23.7. The fourth-order valence-corrected chi connectivity index (χ4v) is 4.61. The van der Waals surface area contributed by atoms with E-state index >= 15 is 0 Å². The van der Waals surface area contributed by atoms with Gasteiger partial charge in [-0.05, 0) is 62.2 Å². The highest BCUT2D eigenvalue weighted by Crippen LogP contribution is 2.33. The molecule has 0 atom stereocenters. The highest BCUT2D eigenvalue weighted by Gasteiger charge is 2.18. The molecule has 0 radical (unpaired) electrons. The molecule has 0 saturated heterocycles. The van der Waals surface area contributed by atoms with Crippen molar-refractivity contribution in [3.8, 4) is 17.0 Å². The first kappa shape index (κ1) is 21.8. The van der Waals surface area contributed by atoms with Crippen LogP contribution in [0.2, 0.25) is 0 Å². The maximum absolute atomic E-state index is 11.8. The number of fused-ring (bicyclic) bond motifs is 1. The normalized spacial score (nSPS) is 13.9. The van der Waals surface area contributed by atoms with Gasteiger partial charge in [-0.1, -0.05) is 24.3 Å². The Morgan fingerprint density at radius 3 is 2.71 bits per heavy atom. The van der Waals surface area contributed by atoms with E-state index in [4.69, 9.17) is 14.8 Å². The molecule has 0 fully saturated rings. The Bertz CT molecular complexity index is 1460. The lowest BCUT2D eigenvalue weighted by Crippen LogP contribution is -2.25. The lowest BCUT2D eigenvalue weighted by Gasteiger charge is -2.18. The number of carbonyl (C=O) groups excluding carboxylic acids is 1. The number of benzene rings is 2. The van der Waals surface area contributed by atoms with Crippen LogP contribution in [0.4, 0.5) is 11.4 Å². The number of nitrogens with one attached hydrogen (secondary N) is 1. The molecule has 0 saturated carbocycles. The van der Waals surface area contributed by atoms with Gasteiger partial charge >= 0.3 is 0 Å². The number of hydrogen-bond donors (Lipinski definition) is 1. The van der Waals surface area contributed by atoms with E-state index in [1.807, 2.05) is 59.4 Å². The van der Waals surface area contributed by atoms with Gasteiger partial charge in [-0.15, -0.1) is 11.3 Å². The Balaban J connectivity index is 1.70. The zero-order valence-corrected chi connectivity index (χ0v) is 19.9. The molecule has 2 aromatic carbocycles. The number of pyridine rings is 1. The van der Waals surface area contributed by atoms with Crippen molar-refractivity contribution in [1.82, 2.24) is 9.66 Å². The van der Waals surface area contributed by atoms with Crippen LogP contribution >= 0.6 is 11.3 Å². The molecule has 170 valence electrons. The second kappa shape index (κ2) is 9.07. The molecule has 34 heavy (non-hydrogen) atoms. The molecule has 1 N–H and O–H groups in total. The number of amides is 1. The van der Waals surface area contributed by atoms with Gasteiger partial charge in [0, 0.05) is 17.1 Å². The maximum Gasteiger partial charge on any atom is 0.262 e. The summed E-state index contributed by atoms with van der Waals surface area (Å²) in [7, 11) is 0. The number of para-hydroxylation sites is 1. The topological polar surface area (TPSA) is 80.9 Å². The van der Waals surface area contributed by atoms with Crippen molar-refractivity contribution >= 4 is 34.3 Å². The van der Waals surface area contributed by atoms with Crippen molar-refractivity contribution in [3.63, 3.8) is 0 Å². The van der Waals surface area contributed by atoms with Crippen molar-refractivity contribution in [2.24, 2.45) is 10.1 Å². The summed E-state index contributed by atoms with van der Waals surface area (Å²) < 4.78 is 7.36. The minimum atomic E-state index is -0.169. The van der Waals surface area contributed by atoms with Gasteiger partial charge < -0.3 is 10.1 Å². The SMILES string of the molecule is CC(=Nn1c(-c2ccc3c(c2)NC(=O)CO3)csc1=Nc1c(C)cccc1C)c1ccccn1. The number of ether oxygens (including phenoxy) is 1. The van der Waals surface area contributed by atoms with Crippen molar-refractivity contribution in [3.05, 3.63) is 87.8 Å². The fraction of sp³-hybridized carbons (Fsp3) is 0.154. The third-order valence-electron chi connectivity index (χ3n) is 5.53. The summed E-state index contributed by atoms with van der Waals surface area (Å²) in [6.07, 6.45) is 1.75. The van der Waals surface area contributed by atoms with Crippen LogP contribution in [0, 0.1) is 13.8 Å². The second-order valence-electron chi connectivity index (χ2n) is 8.02. The lowest BCUT2D eigenvalue weighted by atomic mass is 10.1. The molecular weight excluding hydrogens is 446 g/mol. The molecule has 1 aliphatic rings. The molecule has 1 amide bonds. The molecule has 4 aromatic rings. The van der Waals surface area contributed by atoms with Crippen LogP contribution in [0.5, 0.6) is 5.75 Å². The largest absolute Gasteiger partial charge is 0.482 e.